The Balaban J connectivity index is 1.66. The lowest BCUT2D eigenvalue weighted by atomic mass is 9.90. The predicted octanol–water partition coefficient (Wildman–Crippen LogP) is 2.24. The molecular weight excluding hydrogens is 246 g/mol. The molecule has 2 aliphatic rings. The third kappa shape index (κ3) is 2.70. The van der Waals surface area contributed by atoms with Crippen molar-refractivity contribution in [2.45, 2.75) is 38.8 Å². The molecule has 2 unspecified atom stereocenters. The van der Waals surface area contributed by atoms with Gasteiger partial charge in [0.15, 0.2) is 0 Å². The third-order valence-corrected chi connectivity index (χ3v) is 5.08. The molecule has 3 nitrogen and oxygen atoms in total. The van der Waals surface area contributed by atoms with Gasteiger partial charge in [-0.2, -0.15) is 0 Å². The van der Waals surface area contributed by atoms with Crippen molar-refractivity contribution in [2.75, 3.05) is 31.6 Å². The normalized spacial score (nSPS) is 26.9. The van der Waals surface area contributed by atoms with Gasteiger partial charge < -0.3 is 10.6 Å². The molecule has 20 heavy (non-hydrogen) atoms. The Bertz CT molecular complexity index is 471. The van der Waals surface area contributed by atoms with Gasteiger partial charge in [-0.1, -0.05) is 25.5 Å². The molecule has 0 spiro atoms. The minimum Gasteiger partial charge on any atom is -0.374 e. The topological polar surface area (TPSA) is 32.5 Å². The summed E-state index contributed by atoms with van der Waals surface area (Å²) in [7, 11) is 2.18. The second-order valence-electron chi connectivity index (χ2n) is 6.49. The van der Waals surface area contributed by atoms with Crippen LogP contribution < -0.4 is 10.6 Å². The van der Waals surface area contributed by atoms with Crippen LogP contribution in [0, 0.1) is 5.92 Å². The number of benzene rings is 1. The van der Waals surface area contributed by atoms with Crippen molar-refractivity contribution in [3.63, 3.8) is 0 Å². The molecule has 3 heteroatoms. The molecule has 3 rings (SSSR count). The van der Waals surface area contributed by atoms with Crippen LogP contribution in [0.25, 0.3) is 0 Å². The predicted molar refractivity (Wildman–Crippen MR) is 85.1 cm³/mol. The van der Waals surface area contributed by atoms with Gasteiger partial charge in [0.05, 0.1) is 0 Å². The number of nitrogens with zero attached hydrogens (tertiary/aromatic N) is 2. The van der Waals surface area contributed by atoms with Crippen molar-refractivity contribution in [3.05, 3.63) is 29.3 Å². The van der Waals surface area contributed by atoms with Crippen LogP contribution >= 0.6 is 0 Å². The van der Waals surface area contributed by atoms with Gasteiger partial charge in [-0.15, -0.1) is 0 Å². The summed E-state index contributed by atoms with van der Waals surface area (Å²) in [6.45, 7) is 6.82. The number of nitrogens with two attached hydrogens (primary N) is 1. The van der Waals surface area contributed by atoms with Crippen molar-refractivity contribution < 1.29 is 0 Å². The zero-order valence-corrected chi connectivity index (χ0v) is 12.8. The molecule has 2 atom stereocenters. The highest BCUT2D eigenvalue weighted by atomic mass is 15.1. The smallest absolute Gasteiger partial charge is 0.0397 e. The van der Waals surface area contributed by atoms with Gasteiger partial charge in [-0.25, -0.2) is 0 Å². The van der Waals surface area contributed by atoms with E-state index in [0.29, 0.717) is 12.0 Å². The zero-order chi connectivity index (χ0) is 14.1. The molecule has 0 amide bonds. The Morgan fingerprint density at radius 1 is 1.30 bits per heavy atom. The highest BCUT2D eigenvalue weighted by molar-refractivity contribution is 5.58. The fourth-order valence-corrected chi connectivity index (χ4v) is 3.68. The highest BCUT2D eigenvalue weighted by Crippen LogP contribution is 2.28. The molecule has 1 aromatic carbocycles. The van der Waals surface area contributed by atoms with Crippen LogP contribution in [0.2, 0.25) is 0 Å². The van der Waals surface area contributed by atoms with E-state index >= 15 is 0 Å². The van der Waals surface area contributed by atoms with Crippen LogP contribution in [-0.4, -0.2) is 37.6 Å². The molecule has 0 saturated carbocycles. The molecule has 2 aliphatic heterocycles. The second-order valence-corrected chi connectivity index (χ2v) is 6.49. The Labute approximate surface area is 122 Å². The minimum atomic E-state index is 0.407. The number of fused-ring (bicyclic) bond motifs is 1. The van der Waals surface area contributed by atoms with E-state index in [-0.39, 0.29) is 0 Å². The summed E-state index contributed by atoms with van der Waals surface area (Å²) in [5.41, 5.74) is 10.6. The lowest BCUT2D eigenvalue weighted by Crippen LogP contribution is -2.46. The zero-order valence-electron chi connectivity index (χ0n) is 12.8. The summed E-state index contributed by atoms with van der Waals surface area (Å²) in [5, 5.41) is 0. The Morgan fingerprint density at radius 2 is 2.15 bits per heavy atom. The SMILES string of the molecule is CCC1CN(Cc2ccc3c(c2)CCN3C)CCC1N. The van der Waals surface area contributed by atoms with E-state index < -0.39 is 0 Å². The number of hydrogen-bond donors (Lipinski definition) is 1. The Morgan fingerprint density at radius 3 is 2.95 bits per heavy atom. The molecule has 0 aliphatic carbocycles. The summed E-state index contributed by atoms with van der Waals surface area (Å²) in [6, 6.07) is 7.42. The first-order chi connectivity index (χ1) is 9.67. The van der Waals surface area contributed by atoms with Gasteiger partial charge in [0, 0.05) is 38.4 Å². The number of likely N-dealkylation sites (N-methyl/N-ethyl adjacent to an activating group) is 1. The lowest BCUT2D eigenvalue weighted by Gasteiger charge is -2.36. The summed E-state index contributed by atoms with van der Waals surface area (Å²) >= 11 is 0. The van der Waals surface area contributed by atoms with Gasteiger partial charge in [0.1, 0.15) is 0 Å². The second kappa shape index (κ2) is 5.74. The fraction of sp³-hybridized carbons (Fsp3) is 0.647. The molecule has 0 radical (unpaired) electrons. The molecule has 110 valence electrons. The van der Waals surface area contributed by atoms with Crippen LogP contribution in [0.4, 0.5) is 5.69 Å². The first-order valence-electron chi connectivity index (χ1n) is 7.98. The van der Waals surface area contributed by atoms with Crippen LogP contribution in [0.15, 0.2) is 18.2 Å². The summed E-state index contributed by atoms with van der Waals surface area (Å²) < 4.78 is 0. The highest BCUT2D eigenvalue weighted by Gasteiger charge is 2.25. The maximum absolute atomic E-state index is 6.20. The summed E-state index contributed by atoms with van der Waals surface area (Å²) in [5.74, 6) is 0.671. The van der Waals surface area contributed by atoms with Gasteiger partial charge in [0.25, 0.3) is 0 Å². The monoisotopic (exact) mass is 273 g/mol. The fourth-order valence-electron chi connectivity index (χ4n) is 3.68. The van der Waals surface area contributed by atoms with Gasteiger partial charge in [-0.3, -0.25) is 4.90 Å². The van der Waals surface area contributed by atoms with Crippen LogP contribution in [0.5, 0.6) is 0 Å². The molecule has 2 heterocycles. The quantitative estimate of drug-likeness (QED) is 0.917. The van der Waals surface area contributed by atoms with E-state index in [2.05, 4.69) is 42.0 Å². The number of piperidine rings is 1. The minimum absolute atomic E-state index is 0.407. The van der Waals surface area contributed by atoms with E-state index in [1.807, 2.05) is 0 Å². The van der Waals surface area contributed by atoms with Gasteiger partial charge >= 0.3 is 0 Å². The van der Waals surface area contributed by atoms with Crippen LogP contribution in [-0.2, 0) is 13.0 Å². The van der Waals surface area contributed by atoms with E-state index in [0.717, 1.165) is 32.6 Å². The standard InChI is InChI=1S/C17H27N3/c1-3-14-12-20(9-7-16(14)18)11-13-4-5-17-15(10-13)6-8-19(17)2/h4-5,10,14,16H,3,6-9,11-12,18H2,1-2H3. The van der Waals surface area contributed by atoms with Gasteiger partial charge in [-0.05, 0) is 42.5 Å². The average molecular weight is 273 g/mol. The maximum Gasteiger partial charge on any atom is 0.0397 e. The van der Waals surface area contributed by atoms with E-state index in [9.17, 15) is 0 Å². The number of anilines is 1. The number of likely N-dealkylation sites (tertiary alicyclic amines) is 1. The number of rotatable bonds is 3. The molecule has 0 aromatic heterocycles. The van der Waals surface area contributed by atoms with Crippen molar-refractivity contribution in [1.82, 2.24) is 4.90 Å². The van der Waals surface area contributed by atoms with Crippen molar-refractivity contribution in [3.8, 4) is 0 Å². The summed E-state index contributed by atoms with van der Waals surface area (Å²) in [4.78, 5) is 4.93. The molecule has 2 N–H and O–H groups in total. The molecule has 0 bridgehead atoms. The van der Waals surface area contributed by atoms with E-state index in [1.165, 1.54) is 29.7 Å². The van der Waals surface area contributed by atoms with Crippen molar-refractivity contribution in [1.29, 1.82) is 0 Å². The first kappa shape index (κ1) is 13.9. The van der Waals surface area contributed by atoms with Crippen molar-refractivity contribution >= 4 is 5.69 Å². The third-order valence-electron chi connectivity index (χ3n) is 5.08. The van der Waals surface area contributed by atoms with Crippen LogP contribution in [0.3, 0.4) is 0 Å². The average Bonchev–Trinajstić information content (AvgIpc) is 2.82. The molecule has 1 saturated heterocycles. The Hall–Kier alpha value is -1.06. The first-order valence-corrected chi connectivity index (χ1v) is 7.98. The summed E-state index contributed by atoms with van der Waals surface area (Å²) in [6.07, 6.45) is 3.54. The number of hydrogen-bond acceptors (Lipinski definition) is 3. The largest absolute Gasteiger partial charge is 0.374 e. The lowest BCUT2D eigenvalue weighted by molar-refractivity contribution is 0.145. The van der Waals surface area contributed by atoms with E-state index in [1.54, 1.807) is 0 Å². The molecule has 1 fully saturated rings. The molecular formula is C17H27N3. The van der Waals surface area contributed by atoms with E-state index in [4.69, 9.17) is 5.73 Å². The van der Waals surface area contributed by atoms with Gasteiger partial charge in [0.2, 0.25) is 0 Å². The Kier molecular flexibility index (Phi) is 3.99. The maximum atomic E-state index is 6.20. The molecule has 1 aromatic rings. The van der Waals surface area contributed by atoms with Crippen molar-refractivity contribution in [2.24, 2.45) is 11.7 Å². The van der Waals surface area contributed by atoms with Crippen LogP contribution in [0.1, 0.15) is 30.9 Å².